The van der Waals surface area contributed by atoms with Crippen LogP contribution in [0.3, 0.4) is 0 Å². The van der Waals surface area contributed by atoms with Crippen LogP contribution in [0.1, 0.15) is 194 Å². The summed E-state index contributed by atoms with van der Waals surface area (Å²) in [5, 5.41) is 9.46. The lowest BCUT2D eigenvalue weighted by Gasteiger charge is -2.32. The minimum Gasteiger partial charge on any atom is -1.00 e. The maximum atomic E-state index is 12.7. The molecule has 0 saturated heterocycles. The lowest BCUT2D eigenvalue weighted by Crippen LogP contribution is -3.00. The average Bonchev–Trinajstić information content (AvgIpc) is 3.07. The number of allylic oxidation sites excluding steroid dienone is 4. The molecule has 6 nitrogen and oxygen atoms in total. The molecule has 0 fully saturated rings. The van der Waals surface area contributed by atoms with Gasteiger partial charge in [-0.2, -0.15) is 0 Å². The van der Waals surface area contributed by atoms with Gasteiger partial charge in [0.15, 0.2) is 6.10 Å². The van der Waals surface area contributed by atoms with Crippen LogP contribution in [-0.4, -0.2) is 68.0 Å². The largest absolute Gasteiger partial charge is 1.00 e. The van der Waals surface area contributed by atoms with Crippen LogP contribution in [0.2, 0.25) is 0 Å². The molecule has 296 valence electrons. The number of quaternary nitrogens is 1. The summed E-state index contributed by atoms with van der Waals surface area (Å²) in [6, 6.07) is 0. The Kier molecular flexibility index (Phi) is 40.2. The van der Waals surface area contributed by atoms with E-state index < -0.39 is 6.10 Å². The van der Waals surface area contributed by atoms with Gasteiger partial charge in [0, 0.05) is 12.8 Å². The fourth-order valence-corrected chi connectivity index (χ4v) is 6.22. The zero-order valence-corrected chi connectivity index (χ0v) is 35.6. The summed E-state index contributed by atoms with van der Waals surface area (Å²) in [6.45, 7) is 5.70. The van der Waals surface area contributed by atoms with Crippen LogP contribution in [0.5, 0.6) is 0 Å². The summed E-state index contributed by atoms with van der Waals surface area (Å²) >= 11 is 0. The summed E-state index contributed by atoms with van der Waals surface area (Å²) in [5.41, 5.74) is 0. The van der Waals surface area contributed by atoms with E-state index in [4.69, 9.17) is 9.47 Å². The Balaban J connectivity index is 0. The average molecular weight is 820 g/mol. The zero-order valence-electron chi connectivity index (χ0n) is 33.4. The van der Waals surface area contributed by atoms with Gasteiger partial charge in [0.25, 0.3) is 0 Å². The lowest BCUT2D eigenvalue weighted by molar-refractivity contribution is -0.893. The molecule has 0 radical (unpaired) electrons. The monoisotopic (exact) mass is 820 g/mol. The topological polar surface area (TPSA) is 72.8 Å². The highest BCUT2D eigenvalue weighted by molar-refractivity contribution is 5.70. The number of esters is 2. The van der Waals surface area contributed by atoms with Crippen molar-refractivity contribution in [3.8, 4) is 0 Å². The van der Waals surface area contributed by atoms with Gasteiger partial charge >= 0.3 is 11.9 Å². The first-order valence-electron chi connectivity index (χ1n) is 20.9. The van der Waals surface area contributed by atoms with Crippen molar-refractivity contribution in [2.45, 2.75) is 200 Å². The van der Waals surface area contributed by atoms with Gasteiger partial charge in [-0.15, -0.1) is 0 Å². The smallest absolute Gasteiger partial charge is 0.306 e. The van der Waals surface area contributed by atoms with Gasteiger partial charge in [-0.3, -0.25) is 9.59 Å². The number of carbonyl (C=O) groups excluding carboxylic acids is 2. The standard InChI is InChI=1S/C43H82NO5.HI/c1-5-7-9-11-13-15-17-19-21-23-25-27-29-31-33-35-42(46)48-40-41(39-44(3,4)37-38-45)49-43(47)36-34-32-30-28-26-24-22-20-18-16-14-12-10-8-6-2;/h19-22,41,45H,5-18,23-40H2,1-4H3;1H/q+1;/p-1/b21-19+,22-20+;. The van der Waals surface area contributed by atoms with Gasteiger partial charge in [-0.05, 0) is 64.2 Å². The van der Waals surface area contributed by atoms with Gasteiger partial charge in [-0.25, -0.2) is 0 Å². The Morgan fingerprint density at radius 2 is 0.920 bits per heavy atom. The third-order valence-corrected chi connectivity index (χ3v) is 9.42. The summed E-state index contributed by atoms with van der Waals surface area (Å²) < 4.78 is 11.9. The minimum absolute atomic E-state index is 0. The predicted molar refractivity (Wildman–Crippen MR) is 209 cm³/mol. The van der Waals surface area contributed by atoms with E-state index in [1.807, 2.05) is 14.1 Å². The first kappa shape index (κ1) is 51.2. The summed E-state index contributed by atoms with van der Waals surface area (Å²) in [7, 11) is 3.99. The maximum Gasteiger partial charge on any atom is 0.306 e. The van der Waals surface area contributed by atoms with Gasteiger partial charge in [0.2, 0.25) is 0 Å². The number of aliphatic hydroxyl groups is 1. The summed E-state index contributed by atoms with van der Waals surface area (Å²) in [6.07, 6.45) is 41.4. The number of halogens is 1. The molecule has 0 aliphatic heterocycles. The van der Waals surface area contributed by atoms with Gasteiger partial charge in [0.1, 0.15) is 19.7 Å². The first-order chi connectivity index (χ1) is 23.8. The van der Waals surface area contributed by atoms with Crippen molar-refractivity contribution in [1.29, 1.82) is 0 Å². The van der Waals surface area contributed by atoms with Crippen LogP contribution in [0.15, 0.2) is 24.3 Å². The molecule has 7 heteroatoms. The first-order valence-corrected chi connectivity index (χ1v) is 20.9. The molecule has 0 amide bonds. The molecule has 0 heterocycles. The minimum atomic E-state index is -0.504. The molecule has 0 aromatic heterocycles. The SMILES string of the molecule is CCCCCCCC/C=C/CCCCCCCC(=O)OCC(C[N+](C)(C)CCO)OC(=O)CCCCCCC/C=C/CCCCCCCC.[I-]. The van der Waals surface area contributed by atoms with E-state index >= 15 is 0 Å². The van der Waals surface area contributed by atoms with Crippen molar-refractivity contribution in [3.05, 3.63) is 24.3 Å². The van der Waals surface area contributed by atoms with E-state index in [-0.39, 0.29) is 49.1 Å². The summed E-state index contributed by atoms with van der Waals surface area (Å²) in [5.74, 6) is -0.441. The van der Waals surface area contributed by atoms with E-state index in [0.29, 0.717) is 30.4 Å². The number of carbonyl (C=O) groups is 2. The Labute approximate surface area is 327 Å². The molecule has 0 spiro atoms. The molecule has 50 heavy (non-hydrogen) atoms. The number of nitrogens with zero attached hydrogens (tertiary/aromatic N) is 1. The van der Waals surface area contributed by atoms with Crippen molar-refractivity contribution >= 4 is 11.9 Å². The number of aliphatic hydroxyl groups excluding tert-OH is 1. The van der Waals surface area contributed by atoms with Crippen molar-refractivity contribution in [1.82, 2.24) is 0 Å². The molecule has 1 N–H and O–H groups in total. The second-order valence-corrected chi connectivity index (χ2v) is 15.0. The molecular formula is C43H82INO5. The molecule has 0 saturated carbocycles. The molecule has 0 aromatic rings. The van der Waals surface area contributed by atoms with E-state index in [0.717, 1.165) is 51.4 Å². The van der Waals surface area contributed by atoms with Crippen LogP contribution >= 0.6 is 0 Å². The van der Waals surface area contributed by atoms with Crippen LogP contribution in [0.25, 0.3) is 0 Å². The van der Waals surface area contributed by atoms with Crippen molar-refractivity contribution in [2.24, 2.45) is 0 Å². The molecule has 0 bridgehead atoms. The highest BCUT2D eigenvalue weighted by Crippen LogP contribution is 2.14. The Hall–Kier alpha value is -0.930. The highest BCUT2D eigenvalue weighted by Gasteiger charge is 2.26. The van der Waals surface area contributed by atoms with E-state index in [2.05, 4.69) is 38.2 Å². The quantitative estimate of drug-likeness (QED) is 0.0224. The predicted octanol–water partition coefficient (Wildman–Crippen LogP) is 8.59. The second kappa shape index (κ2) is 39.3. The molecule has 0 aliphatic rings. The van der Waals surface area contributed by atoms with Gasteiger partial charge < -0.3 is 43.0 Å². The number of ether oxygens (including phenoxy) is 2. The number of likely N-dealkylation sites (N-methyl/N-ethyl adjacent to an activating group) is 1. The van der Waals surface area contributed by atoms with Crippen LogP contribution < -0.4 is 24.0 Å². The third kappa shape index (κ3) is 38.3. The number of rotatable bonds is 37. The van der Waals surface area contributed by atoms with Gasteiger partial charge in [0.05, 0.1) is 20.7 Å². The highest BCUT2D eigenvalue weighted by atomic mass is 127. The summed E-state index contributed by atoms with van der Waals surface area (Å²) in [4.78, 5) is 25.1. The van der Waals surface area contributed by atoms with Crippen LogP contribution in [-0.2, 0) is 19.1 Å². The maximum absolute atomic E-state index is 12.7. The van der Waals surface area contributed by atoms with Gasteiger partial charge in [-0.1, -0.05) is 141 Å². The zero-order chi connectivity index (χ0) is 36.1. The van der Waals surface area contributed by atoms with E-state index in [1.54, 1.807) is 0 Å². The molecule has 1 atom stereocenters. The number of hydrogen-bond acceptors (Lipinski definition) is 5. The molecule has 0 aliphatic carbocycles. The van der Waals surface area contributed by atoms with Crippen LogP contribution in [0.4, 0.5) is 0 Å². The normalized spacial score (nSPS) is 12.4. The number of hydrogen-bond donors (Lipinski definition) is 1. The Morgan fingerprint density at radius 3 is 1.32 bits per heavy atom. The van der Waals surface area contributed by atoms with Crippen molar-refractivity contribution in [3.63, 3.8) is 0 Å². The van der Waals surface area contributed by atoms with E-state index in [9.17, 15) is 14.7 Å². The molecular weight excluding hydrogens is 737 g/mol. The van der Waals surface area contributed by atoms with E-state index in [1.165, 1.54) is 116 Å². The van der Waals surface area contributed by atoms with Crippen molar-refractivity contribution in [2.75, 3.05) is 40.4 Å². The Morgan fingerprint density at radius 1 is 0.560 bits per heavy atom. The molecule has 1 unspecified atom stereocenters. The lowest BCUT2D eigenvalue weighted by atomic mass is 10.1. The molecule has 0 rings (SSSR count). The Bertz CT molecular complexity index is 800. The fraction of sp³-hybridized carbons (Fsp3) is 0.860. The number of unbranched alkanes of at least 4 members (excludes halogenated alkanes) is 22. The third-order valence-electron chi connectivity index (χ3n) is 9.42. The van der Waals surface area contributed by atoms with Crippen molar-refractivity contribution < 1.29 is 52.6 Å². The second-order valence-electron chi connectivity index (χ2n) is 15.0. The van der Waals surface area contributed by atoms with Crippen LogP contribution in [0, 0.1) is 0 Å². The fourth-order valence-electron chi connectivity index (χ4n) is 6.22. The molecule has 0 aromatic carbocycles.